The summed E-state index contributed by atoms with van der Waals surface area (Å²) < 4.78 is 0. The van der Waals surface area contributed by atoms with Crippen LogP contribution in [0.25, 0.3) is 0 Å². The van der Waals surface area contributed by atoms with Crippen LogP contribution in [0.2, 0.25) is 0 Å². The van der Waals surface area contributed by atoms with Crippen molar-refractivity contribution in [1.82, 2.24) is 15.2 Å². The van der Waals surface area contributed by atoms with Gasteiger partial charge >= 0.3 is 0 Å². The molecule has 1 heterocycles. The minimum absolute atomic E-state index is 0.206. The van der Waals surface area contributed by atoms with E-state index in [1.165, 1.54) is 6.33 Å². The van der Waals surface area contributed by atoms with Crippen molar-refractivity contribution in [3.8, 4) is 6.07 Å². The fourth-order valence-corrected chi connectivity index (χ4v) is 1.72. The van der Waals surface area contributed by atoms with Crippen molar-refractivity contribution in [2.45, 2.75) is 31.8 Å². The second-order valence-corrected chi connectivity index (χ2v) is 4.82. The normalized spacial score (nSPS) is 11.2. The molecule has 1 aromatic rings. The number of rotatable bonds is 5. The highest BCUT2D eigenvalue weighted by molar-refractivity contribution is 7.99. The first-order chi connectivity index (χ1) is 6.64. The number of hydrogen-bond acceptors (Lipinski definition) is 4. The number of nitrogens with one attached hydrogen (secondary N) is 1. The number of thioether (sulfide) groups is 1. The van der Waals surface area contributed by atoms with E-state index in [4.69, 9.17) is 5.26 Å². The molecule has 0 saturated carbocycles. The Morgan fingerprint density at radius 2 is 2.43 bits per heavy atom. The standard InChI is InChI=1S/C9H14N4S/c1-9(2,6-10)4-3-5-14-8-11-7-12-13-8/h7H,3-5H2,1-2H3,(H,11,12,13). The molecule has 0 fully saturated rings. The number of aromatic nitrogens is 3. The molecule has 0 atom stereocenters. The van der Waals surface area contributed by atoms with Gasteiger partial charge in [0.25, 0.3) is 0 Å². The molecule has 0 unspecified atom stereocenters. The molecule has 0 spiro atoms. The van der Waals surface area contributed by atoms with Gasteiger partial charge in [0.05, 0.1) is 11.5 Å². The highest BCUT2D eigenvalue weighted by Crippen LogP contribution is 2.23. The van der Waals surface area contributed by atoms with Crippen LogP contribution in [0.5, 0.6) is 0 Å². The minimum Gasteiger partial charge on any atom is -0.254 e. The van der Waals surface area contributed by atoms with Crippen LogP contribution in [-0.4, -0.2) is 20.9 Å². The van der Waals surface area contributed by atoms with Gasteiger partial charge in [0.2, 0.25) is 0 Å². The van der Waals surface area contributed by atoms with E-state index in [1.807, 2.05) is 13.8 Å². The Morgan fingerprint density at radius 1 is 1.64 bits per heavy atom. The summed E-state index contributed by atoms with van der Waals surface area (Å²) in [7, 11) is 0. The lowest BCUT2D eigenvalue weighted by Gasteiger charge is -2.13. The maximum atomic E-state index is 8.79. The first-order valence-corrected chi connectivity index (χ1v) is 5.52. The number of nitriles is 1. The van der Waals surface area contributed by atoms with E-state index in [0.29, 0.717) is 0 Å². The van der Waals surface area contributed by atoms with E-state index >= 15 is 0 Å². The van der Waals surface area contributed by atoms with Crippen LogP contribution in [0.1, 0.15) is 26.7 Å². The Hall–Kier alpha value is -1.02. The van der Waals surface area contributed by atoms with Crippen LogP contribution in [0.3, 0.4) is 0 Å². The first kappa shape index (κ1) is 11.1. The number of nitrogens with zero attached hydrogens (tertiary/aromatic N) is 3. The average Bonchev–Trinajstić information content (AvgIpc) is 2.65. The number of H-pyrrole nitrogens is 1. The van der Waals surface area contributed by atoms with Gasteiger partial charge in [0.15, 0.2) is 5.16 Å². The molecule has 1 rings (SSSR count). The van der Waals surface area contributed by atoms with Crippen molar-refractivity contribution in [2.75, 3.05) is 5.75 Å². The number of hydrogen-bond donors (Lipinski definition) is 1. The molecule has 0 aliphatic heterocycles. The monoisotopic (exact) mass is 210 g/mol. The SMILES string of the molecule is CC(C)(C#N)CCCSc1ncn[nH]1. The van der Waals surface area contributed by atoms with Crippen LogP contribution >= 0.6 is 11.8 Å². The van der Waals surface area contributed by atoms with Gasteiger partial charge in [-0.1, -0.05) is 11.8 Å². The van der Waals surface area contributed by atoms with Crippen LogP contribution < -0.4 is 0 Å². The van der Waals surface area contributed by atoms with Gasteiger partial charge in [0, 0.05) is 5.75 Å². The smallest absolute Gasteiger partial charge is 0.183 e. The molecular weight excluding hydrogens is 196 g/mol. The van der Waals surface area contributed by atoms with E-state index in [-0.39, 0.29) is 5.41 Å². The Balaban J connectivity index is 2.15. The fourth-order valence-electron chi connectivity index (χ4n) is 1.00. The van der Waals surface area contributed by atoms with Crippen LogP contribution in [0.15, 0.2) is 11.5 Å². The summed E-state index contributed by atoms with van der Waals surface area (Å²) in [6, 6.07) is 2.29. The molecule has 14 heavy (non-hydrogen) atoms. The maximum absolute atomic E-state index is 8.79. The van der Waals surface area contributed by atoms with E-state index in [2.05, 4.69) is 21.3 Å². The lowest BCUT2D eigenvalue weighted by molar-refractivity contribution is 0.447. The molecule has 0 aliphatic carbocycles. The third-order valence-electron chi connectivity index (χ3n) is 1.88. The lowest BCUT2D eigenvalue weighted by atomic mass is 9.90. The summed E-state index contributed by atoms with van der Waals surface area (Å²) in [5.41, 5.74) is -0.206. The van der Waals surface area contributed by atoms with Gasteiger partial charge in [-0.25, -0.2) is 4.98 Å². The summed E-state index contributed by atoms with van der Waals surface area (Å²) in [4.78, 5) is 4.00. The summed E-state index contributed by atoms with van der Waals surface area (Å²) in [6.45, 7) is 3.93. The van der Waals surface area contributed by atoms with Crippen LogP contribution in [0.4, 0.5) is 0 Å². The molecule has 0 aliphatic rings. The Morgan fingerprint density at radius 3 is 3.00 bits per heavy atom. The molecule has 5 heteroatoms. The topological polar surface area (TPSA) is 65.4 Å². The average molecular weight is 210 g/mol. The molecule has 4 nitrogen and oxygen atoms in total. The van der Waals surface area contributed by atoms with Crippen molar-refractivity contribution < 1.29 is 0 Å². The molecule has 1 aromatic heterocycles. The van der Waals surface area contributed by atoms with E-state index in [9.17, 15) is 0 Å². The van der Waals surface area contributed by atoms with E-state index < -0.39 is 0 Å². The molecule has 0 radical (unpaired) electrons. The van der Waals surface area contributed by atoms with Gasteiger partial charge < -0.3 is 0 Å². The second-order valence-electron chi connectivity index (χ2n) is 3.74. The first-order valence-electron chi connectivity index (χ1n) is 4.53. The third kappa shape index (κ3) is 3.79. The largest absolute Gasteiger partial charge is 0.254 e. The molecule has 0 bridgehead atoms. The van der Waals surface area contributed by atoms with Crippen molar-refractivity contribution in [3.05, 3.63) is 6.33 Å². The minimum atomic E-state index is -0.206. The van der Waals surface area contributed by atoms with Crippen molar-refractivity contribution in [3.63, 3.8) is 0 Å². The fraction of sp³-hybridized carbons (Fsp3) is 0.667. The molecule has 0 saturated heterocycles. The molecule has 0 aromatic carbocycles. The quantitative estimate of drug-likeness (QED) is 0.598. The predicted molar refractivity (Wildman–Crippen MR) is 55.7 cm³/mol. The highest BCUT2D eigenvalue weighted by atomic mass is 32.2. The summed E-state index contributed by atoms with van der Waals surface area (Å²) in [6.07, 6.45) is 3.44. The number of aromatic amines is 1. The van der Waals surface area contributed by atoms with Gasteiger partial charge in [-0.3, -0.25) is 5.10 Å². The predicted octanol–water partition coefficient (Wildman–Crippen LogP) is 2.23. The highest BCUT2D eigenvalue weighted by Gasteiger charge is 2.15. The Labute approximate surface area is 88.1 Å². The van der Waals surface area contributed by atoms with Gasteiger partial charge in [-0.15, -0.1) is 0 Å². The van der Waals surface area contributed by atoms with Gasteiger partial charge in [-0.05, 0) is 26.7 Å². The molecule has 0 amide bonds. The summed E-state index contributed by atoms with van der Waals surface area (Å²) in [5, 5.41) is 16.2. The summed E-state index contributed by atoms with van der Waals surface area (Å²) in [5.74, 6) is 0.973. The molecule has 76 valence electrons. The Bertz CT molecular complexity index is 299. The second kappa shape index (κ2) is 5.01. The molecule has 1 N–H and O–H groups in total. The zero-order valence-corrected chi connectivity index (χ0v) is 9.27. The van der Waals surface area contributed by atoms with Crippen molar-refractivity contribution in [2.24, 2.45) is 5.41 Å². The van der Waals surface area contributed by atoms with Crippen molar-refractivity contribution >= 4 is 11.8 Å². The van der Waals surface area contributed by atoms with E-state index in [0.717, 1.165) is 23.8 Å². The summed E-state index contributed by atoms with van der Waals surface area (Å²) >= 11 is 1.64. The van der Waals surface area contributed by atoms with Gasteiger partial charge in [0.1, 0.15) is 6.33 Å². The van der Waals surface area contributed by atoms with E-state index in [1.54, 1.807) is 11.8 Å². The molecular formula is C9H14N4S. The zero-order chi connectivity index (χ0) is 10.4. The maximum Gasteiger partial charge on any atom is 0.183 e. The van der Waals surface area contributed by atoms with Gasteiger partial charge in [-0.2, -0.15) is 10.4 Å². The third-order valence-corrected chi connectivity index (χ3v) is 2.84. The van der Waals surface area contributed by atoms with Crippen LogP contribution in [-0.2, 0) is 0 Å². The van der Waals surface area contributed by atoms with Crippen LogP contribution in [0, 0.1) is 16.7 Å². The zero-order valence-electron chi connectivity index (χ0n) is 8.45. The lowest BCUT2D eigenvalue weighted by Crippen LogP contribution is -2.07. The Kier molecular flexibility index (Phi) is 3.96. The van der Waals surface area contributed by atoms with Crippen molar-refractivity contribution in [1.29, 1.82) is 5.26 Å².